The lowest BCUT2D eigenvalue weighted by Gasteiger charge is -2.01. The van der Waals surface area contributed by atoms with Gasteiger partial charge in [-0.3, -0.25) is 0 Å². The second kappa shape index (κ2) is 3.67. The maximum atomic E-state index is 5.33. The van der Waals surface area contributed by atoms with Gasteiger partial charge in [-0.2, -0.15) is 0 Å². The number of hydrogen-bond acceptors (Lipinski definition) is 2. The molecule has 0 radical (unpaired) electrons. The number of nitrogens with one attached hydrogen (secondary N) is 1. The Balaban J connectivity index is 2.09. The van der Waals surface area contributed by atoms with Gasteiger partial charge in [0.05, 0.1) is 5.52 Å². The Labute approximate surface area is 107 Å². The number of hydrogen-bond donors (Lipinski definition) is 1. The highest BCUT2D eigenvalue weighted by Crippen LogP contribution is 2.39. The van der Waals surface area contributed by atoms with Gasteiger partial charge in [0, 0.05) is 17.2 Å². The van der Waals surface area contributed by atoms with E-state index in [0.29, 0.717) is 0 Å². The van der Waals surface area contributed by atoms with E-state index >= 15 is 0 Å². The number of fused-ring (bicyclic) bond motifs is 1. The number of halogens is 1. The van der Waals surface area contributed by atoms with Gasteiger partial charge in [-0.15, -0.1) is 0 Å². The topological polar surface area (TPSA) is 33.6 Å². The SMILES string of the molecule is CC1CC1Cn1c(=S)[nH]c2cc(Br)cnc21. The molecular weight excluding hydrogens is 286 g/mol. The number of imidazole rings is 1. The summed E-state index contributed by atoms with van der Waals surface area (Å²) in [5.41, 5.74) is 1.97. The normalized spacial score (nSPS) is 23.9. The summed E-state index contributed by atoms with van der Waals surface area (Å²) in [7, 11) is 0. The molecule has 1 fully saturated rings. The van der Waals surface area contributed by atoms with Crippen LogP contribution in [-0.2, 0) is 6.54 Å². The van der Waals surface area contributed by atoms with Crippen LogP contribution in [0.15, 0.2) is 16.7 Å². The van der Waals surface area contributed by atoms with Crippen LogP contribution in [0.1, 0.15) is 13.3 Å². The summed E-state index contributed by atoms with van der Waals surface area (Å²) in [5.74, 6) is 1.61. The van der Waals surface area contributed by atoms with E-state index in [1.807, 2.05) is 12.3 Å². The van der Waals surface area contributed by atoms with Gasteiger partial charge in [0.1, 0.15) is 0 Å². The van der Waals surface area contributed by atoms with Crippen molar-refractivity contribution in [1.29, 1.82) is 0 Å². The van der Waals surface area contributed by atoms with Crippen molar-refractivity contribution in [3.8, 4) is 0 Å². The number of aromatic amines is 1. The summed E-state index contributed by atoms with van der Waals surface area (Å²) in [6, 6.07) is 2.02. The molecule has 3 nitrogen and oxygen atoms in total. The van der Waals surface area contributed by atoms with Crippen molar-refractivity contribution in [1.82, 2.24) is 14.5 Å². The fourth-order valence-corrected chi connectivity index (χ4v) is 2.68. The van der Waals surface area contributed by atoms with Crippen molar-refractivity contribution in [3.63, 3.8) is 0 Å². The number of pyridine rings is 1. The fourth-order valence-electron chi connectivity index (χ4n) is 2.08. The Bertz CT molecular complexity index is 601. The minimum Gasteiger partial charge on any atom is -0.329 e. The van der Waals surface area contributed by atoms with Gasteiger partial charge >= 0.3 is 0 Å². The lowest BCUT2D eigenvalue weighted by Crippen LogP contribution is -2.01. The van der Waals surface area contributed by atoms with Crippen molar-refractivity contribution in [2.24, 2.45) is 11.8 Å². The molecule has 2 atom stereocenters. The van der Waals surface area contributed by atoms with E-state index in [1.54, 1.807) is 0 Å². The van der Waals surface area contributed by atoms with Crippen LogP contribution in [0.25, 0.3) is 11.2 Å². The van der Waals surface area contributed by atoms with Crippen LogP contribution in [0.4, 0.5) is 0 Å². The third kappa shape index (κ3) is 1.72. The molecular formula is C11H12BrN3S. The van der Waals surface area contributed by atoms with Crippen LogP contribution in [0.2, 0.25) is 0 Å². The molecule has 0 spiro atoms. The molecule has 5 heteroatoms. The maximum Gasteiger partial charge on any atom is 0.179 e. The van der Waals surface area contributed by atoms with Gasteiger partial charge in [0.2, 0.25) is 0 Å². The van der Waals surface area contributed by atoms with E-state index in [4.69, 9.17) is 12.2 Å². The molecule has 1 aliphatic carbocycles. The van der Waals surface area contributed by atoms with Crippen LogP contribution in [0.5, 0.6) is 0 Å². The van der Waals surface area contributed by atoms with Crippen molar-refractivity contribution < 1.29 is 0 Å². The van der Waals surface area contributed by atoms with Crippen molar-refractivity contribution in [3.05, 3.63) is 21.5 Å². The Hall–Kier alpha value is -0.680. The first-order valence-electron chi connectivity index (χ1n) is 5.39. The molecule has 0 amide bonds. The van der Waals surface area contributed by atoms with Crippen LogP contribution in [-0.4, -0.2) is 14.5 Å². The summed E-state index contributed by atoms with van der Waals surface area (Å²) >= 11 is 8.75. The Morgan fingerprint density at radius 2 is 2.44 bits per heavy atom. The summed E-state index contributed by atoms with van der Waals surface area (Å²) < 4.78 is 3.87. The number of aromatic nitrogens is 3. The average molecular weight is 298 g/mol. The molecule has 1 N–H and O–H groups in total. The van der Waals surface area contributed by atoms with Crippen molar-refractivity contribution in [2.75, 3.05) is 0 Å². The zero-order valence-electron chi connectivity index (χ0n) is 8.90. The Morgan fingerprint density at radius 3 is 3.12 bits per heavy atom. The Morgan fingerprint density at radius 1 is 1.69 bits per heavy atom. The molecule has 0 aliphatic heterocycles. The summed E-state index contributed by atoms with van der Waals surface area (Å²) in [6.45, 7) is 3.28. The van der Waals surface area contributed by atoms with E-state index in [1.165, 1.54) is 6.42 Å². The Kier molecular flexibility index (Phi) is 2.40. The standard InChI is InChI=1S/C11H12BrN3S/c1-6-2-7(6)5-15-10-9(14-11(15)16)3-8(12)4-13-10/h3-4,6-7H,2,5H2,1H3,(H,14,16). The predicted octanol–water partition coefficient (Wildman–Crippen LogP) is 3.51. The van der Waals surface area contributed by atoms with Crippen molar-refractivity contribution >= 4 is 39.3 Å². The van der Waals surface area contributed by atoms with Gasteiger partial charge < -0.3 is 9.55 Å². The molecule has 2 unspecified atom stereocenters. The number of nitrogens with zero attached hydrogens (tertiary/aromatic N) is 2. The smallest absolute Gasteiger partial charge is 0.179 e. The minimum atomic E-state index is 0.774. The molecule has 16 heavy (non-hydrogen) atoms. The first kappa shape index (κ1) is 10.5. The maximum absolute atomic E-state index is 5.33. The highest BCUT2D eigenvalue weighted by atomic mass is 79.9. The van der Waals surface area contributed by atoms with Gasteiger partial charge in [-0.1, -0.05) is 6.92 Å². The average Bonchev–Trinajstić information content (AvgIpc) is 2.82. The van der Waals surface area contributed by atoms with E-state index in [0.717, 1.165) is 38.8 Å². The summed E-state index contributed by atoms with van der Waals surface area (Å²) in [4.78, 5) is 7.63. The van der Waals surface area contributed by atoms with Crippen LogP contribution in [0.3, 0.4) is 0 Å². The number of rotatable bonds is 2. The van der Waals surface area contributed by atoms with Crippen LogP contribution < -0.4 is 0 Å². The second-order valence-corrected chi connectivity index (χ2v) is 5.84. The van der Waals surface area contributed by atoms with Gasteiger partial charge in [-0.25, -0.2) is 4.98 Å². The quantitative estimate of drug-likeness (QED) is 0.861. The molecule has 2 aromatic heterocycles. The van der Waals surface area contributed by atoms with E-state index in [9.17, 15) is 0 Å². The zero-order valence-corrected chi connectivity index (χ0v) is 11.3. The molecule has 2 aromatic rings. The lowest BCUT2D eigenvalue weighted by molar-refractivity contribution is 0.597. The monoisotopic (exact) mass is 297 g/mol. The highest BCUT2D eigenvalue weighted by molar-refractivity contribution is 9.10. The first-order chi connectivity index (χ1) is 7.65. The van der Waals surface area contributed by atoms with Gasteiger partial charge in [-0.05, 0) is 52.5 Å². The van der Waals surface area contributed by atoms with E-state index in [2.05, 4.69) is 37.4 Å². The van der Waals surface area contributed by atoms with Crippen LogP contribution in [0, 0.1) is 16.6 Å². The summed E-state index contributed by atoms with van der Waals surface area (Å²) in [6.07, 6.45) is 3.13. The van der Waals surface area contributed by atoms with Gasteiger partial charge in [0.15, 0.2) is 10.4 Å². The highest BCUT2D eigenvalue weighted by Gasteiger charge is 2.33. The summed E-state index contributed by atoms with van der Waals surface area (Å²) in [5, 5.41) is 0. The van der Waals surface area contributed by atoms with E-state index < -0.39 is 0 Å². The molecule has 3 rings (SSSR count). The minimum absolute atomic E-state index is 0.774. The largest absolute Gasteiger partial charge is 0.329 e. The molecule has 1 saturated carbocycles. The third-order valence-electron chi connectivity index (χ3n) is 3.27. The molecule has 0 bridgehead atoms. The van der Waals surface area contributed by atoms with Gasteiger partial charge in [0.25, 0.3) is 0 Å². The molecule has 84 valence electrons. The number of H-pyrrole nitrogens is 1. The lowest BCUT2D eigenvalue weighted by atomic mass is 10.3. The molecule has 0 saturated heterocycles. The predicted molar refractivity (Wildman–Crippen MR) is 69.9 cm³/mol. The first-order valence-corrected chi connectivity index (χ1v) is 6.59. The molecule has 2 heterocycles. The third-order valence-corrected chi connectivity index (χ3v) is 4.03. The zero-order chi connectivity index (χ0) is 11.3. The second-order valence-electron chi connectivity index (χ2n) is 4.54. The van der Waals surface area contributed by atoms with Crippen LogP contribution >= 0.6 is 28.1 Å². The molecule has 0 aromatic carbocycles. The molecule has 1 aliphatic rings. The fraction of sp³-hybridized carbons (Fsp3) is 0.455. The van der Waals surface area contributed by atoms with Crippen molar-refractivity contribution in [2.45, 2.75) is 19.9 Å². The van der Waals surface area contributed by atoms with E-state index in [-0.39, 0.29) is 0 Å².